The highest BCUT2D eigenvalue weighted by Crippen LogP contribution is 2.61. The van der Waals surface area contributed by atoms with Gasteiger partial charge in [-0.15, -0.1) is 0 Å². The molecule has 4 aliphatic carbocycles. The lowest BCUT2D eigenvalue weighted by Gasteiger charge is -2.52. The van der Waals surface area contributed by atoms with E-state index >= 15 is 0 Å². The van der Waals surface area contributed by atoms with E-state index in [1.807, 2.05) is 36.4 Å². The largest absolute Gasteiger partial charge is 0.455 e. The van der Waals surface area contributed by atoms with E-state index in [-0.39, 0.29) is 34.4 Å². The number of Topliss-reactive ketones (excluding diaryl/α,β-unsaturated/α-hetero) is 1. The Morgan fingerprint density at radius 1 is 1.00 bits per heavy atom. The summed E-state index contributed by atoms with van der Waals surface area (Å²) in [6.45, 7) is 5.60. The smallest absolute Gasteiger partial charge is 0.338 e. The number of hydrogen-bond acceptors (Lipinski definition) is 7. The Balaban J connectivity index is 1.03. The summed E-state index contributed by atoms with van der Waals surface area (Å²) in [5, 5.41) is 11.9. The minimum absolute atomic E-state index is 0.0283. The van der Waals surface area contributed by atoms with Gasteiger partial charge >= 0.3 is 11.9 Å². The molecular weight excluding hydrogens is 580 g/mol. The number of carbonyl (C=O) groups excluding carboxylic acids is 4. The van der Waals surface area contributed by atoms with Crippen molar-refractivity contribution in [2.75, 3.05) is 6.61 Å². The quantitative estimate of drug-likeness (QED) is 0.237. The van der Waals surface area contributed by atoms with E-state index in [2.05, 4.69) is 19.6 Å². The van der Waals surface area contributed by atoms with Crippen molar-refractivity contribution >= 4 is 23.5 Å². The van der Waals surface area contributed by atoms with E-state index in [0.717, 1.165) is 37.7 Å². The lowest BCUT2D eigenvalue weighted by Crippen LogP contribution is -2.51. The van der Waals surface area contributed by atoms with Crippen LogP contribution in [0.15, 0.2) is 90.6 Å². The monoisotopic (exact) mass is 622 g/mol. The molecule has 240 valence electrons. The van der Waals surface area contributed by atoms with Gasteiger partial charge in [0, 0.05) is 11.8 Å². The molecule has 7 heteroatoms. The molecule has 2 fully saturated rings. The van der Waals surface area contributed by atoms with Crippen LogP contribution in [0, 0.1) is 23.2 Å². The molecular formula is C39H42O7. The van der Waals surface area contributed by atoms with Gasteiger partial charge in [-0.25, -0.2) is 9.59 Å². The number of hydrogen-bond donors (Lipinski definition) is 1. The maximum atomic E-state index is 13.4. The molecule has 1 N–H and O–H groups in total. The first-order valence-corrected chi connectivity index (χ1v) is 16.5. The molecule has 0 heterocycles. The van der Waals surface area contributed by atoms with Gasteiger partial charge in [-0.1, -0.05) is 67.1 Å². The van der Waals surface area contributed by atoms with Gasteiger partial charge in [0.05, 0.1) is 22.6 Å². The molecule has 0 aliphatic heterocycles. The van der Waals surface area contributed by atoms with Crippen molar-refractivity contribution < 1.29 is 33.8 Å². The summed E-state index contributed by atoms with van der Waals surface area (Å²) in [5.74, 6) is -1.70. The molecule has 2 aromatic carbocycles. The van der Waals surface area contributed by atoms with Crippen LogP contribution in [0.5, 0.6) is 0 Å². The summed E-state index contributed by atoms with van der Waals surface area (Å²) in [4.78, 5) is 51.0. The summed E-state index contributed by atoms with van der Waals surface area (Å²) in [5.41, 5.74) is 2.89. The molecule has 4 aliphatic rings. The highest BCUT2D eigenvalue weighted by molar-refractivity contribution is 5.95. The van der Waals surface area contributed by atoms with Crippen molar-refractivity contribution in [3.63, 3.8) is 0 Å². The van der Waals surface area contributed by atoms with Crippen LogP contribution in [0.25, 0.3) is 0 Å². The van der Waals surface area contributed by atoms with Crippen molar-refractivity contribution in [3.8, 4) is 0 Å². The summed E-state index contributed by atoms with van der Waals surface area (Å²) in [6.07, 6.45) is 11.2. The summed E-state index contributed by atoms with van der Waals surface area (Å²) in [6, 6.07) is 15.9. The lowest BCUT2D eigenvalue weighted by atomic mass is 9.53. The highest BCUT2D eigenvalue weighted by Gasteiger charge is 2.59. The minimum Gasteiger partial charge on any atom is -0.455 e. The van der Waals surface area contributed by atoms with Gasteiger partial charge in [-0.3, -0.25) is 9.59 Å². The van der Waals surface area contributed by atoms with Crippen molar-refractivity contribution in [1.29, 1.82) is 0 Å². The van der Waals surface area contributed by atoms with E-state index in [0.29, 0.717) is 31.2 Å². The maximum absolute atomic E-state index is 13.4. The lowest BCUT2D eigenvalue weighted by molar-refractivity contribution is -0.137. The predicted octanol–water partition coefficient (Wildman–Crippen LogP) is 6.55. The molecule has 7 nitrogen and oxygen atoms in total. The molecule has 6 unspecified atom stereocenters. The van der Waals surface area contributed by atoms with Gasteiger partial charge in [0.15, 0.2) is 18.2 Å². The van der Waals surface area contributed by atoms with Crippen molar-refractivity contribution in [1.82, 2.24) is 0 Å². The zero-order valence-electron chi connectivity index (χ0n) is 26.4. The normalized spacial score (nSPS) is 28.8. The van der Waals surface area contributed by atoms with Gasteiger partial charge in [-0.2, -0.15) is 0 Å². The number of carbonyl (C=O) groups is 4. The van der Waals surface area contributed by atoms with Crippen LogP contribution in [0.4, 0.5) is 0 Å². The molecule has 46 heavy (non-hydrogen) atoms. The van der Waals surface area contributed by atoms with E-state index in [9.17, 15) is 24.3 Å². The number of ketones is 2. The summed E-state index contributed by atoms with van der Waals surface area (Å²) >= 11 is 0. The number of esters is 2. The van der Waals surface area contributed by atoms with Gasteiger partial charge in [0.25, 0.3) is 0 Å². The average molecular weight is 623 g/mol. The van der Waals surface area contributed by atoms with E-state index in [1.165, 1.54) is 35.4 Å². The average Bonchev–Trinajstić information content (AvgIpc) is 3.43. The third-order valence-electron chi connectivity index (χ3n) is 11.0. The van der Waals surface area contributed by atoms with Crippen molar-refractivity contribution in [2.24, 2.45) is 23.2 Å². The second-order valence-electron chi connectivity index (χ2n) is 13.5. The Morgan fingerprint density at radius 3 is 2.43 bits per heavy atom. The molecule has 0 spiro atoms. The molecule has 0 aromatic heterocycles. The molecule has 6 atom stereocenters. The van der Waals surface area contributed by atoms with Crippen LogP contribution < -0.4 is 0 Å². The number of fused-ring (bicyclic) bond motifs is 5. The van der Waals surface area contributed by atoms with Crippen LogP contribution in [0.3, 0.4) is 0 Å². The van der Waals surface area contributed by atoms with Crippen LogP contribution in [0.2, 0.25) is 0 Å². The Kier molecular flexibility index (Phi) is 8.97. The zero-order valence-corrected chi connectivity index (χ0v) is 26.4. The zero-order chi connectivity index (χ0) is 32.5. The Labute approximate surface area is 270 Å². The second kappa shape index (κ2) is 13.0. The first kappa shape index (κ1) is 31.9. The van der Waals surface area contributed by atoms with Gasteiger partial charge < -0.3 is 14.6 Å². The molecule has 2 saturated carbocycles. The number of ether oxygens (including phenoxy) is 2. The fraction of sp³-hybridized carbons (Fsp3) is 0.436. The van der Waals surface area contributed by atoms with Crippen LogP contribution >= 0.6 is 0 Å². The Bertz CT molecular complexity index is 1590. The van der Waals surface area contributed by atoms with Crippen molar-refractivity contribution in [3.05, 3.63) is 107 Å². The number of rotatable bonds is 10. The molecule has 2 aromatic rings. The second-order valence-corrected chi connectivity index (χ2v) is 13.5. The molecule has 0 bridgehead atoms. The number of benzene rings is 2. The first-order valence-electron chi connectivity index (χ1n) is 16.5. The van der Waals surface area contributed by atoms with Crippen molar-refractivity contribution in [2.45, 2.75) is 76.4 Å². The first-order chi connectivity index (χ1) is 22.1. The topological polar surface area (TPSA) is 107 Å². The van der Waals surface area contributed by atoms with Crippen LogP contribution in [-0.2, 0) is 25.5 Å². The van der Waals surface area contributed by atoms with Gasteiger partial charge in [0.1, 0.15) is 6.10 Å². The number of allylic oxidation sites excluding steroid dienone is 3. The number of aryl methyl sites for hydroxylation is 1. The third-order valence-corrected chi connectivity index (χ3v) is 11.0. The molecule has 6 rings (SSSR count). The van der Waals surface area contributed by atoms with E-state index in [1.54, 1.807) is 6.08 Å². The Morgan fingerprint density at radius 2 is 1.72 bits per heavy atom. The molecule has 0 radical (unpaired) electrons. The predicted molar refractivity (Wildman–Crippen MR) is 173 cm³/mol. The standard InChI is InChI=1S/C39H42O7/c1-3-30(15-9-25-7-5-4-6-8-25)46-37(43)27-12-10-26(11-13-27)36(42)45-24-35(41)34-18-17-33-31-16-14-28-23-29(40)19-21-38(28,2)32(31)20-22-39(33,34)44/h3-8,10-13,20,23,30-31,33-34,44H,1,9,14-19,21-22,24H2,2H3. The SMILES string of the molecule is C=CC(CCc1ccccc1)OC(=O)c1ccc(C(=O)OCC(=O)C2CCC3C4CCC5=CC(=O)CCC5(C)C4=CCC23O)cc1. The fourth-order valence-corrected chi connectivity index (χ4v) is 8.42. The van der Waals surface area contributed by atoms with E-state index < -0.39 is 36.2 Å². The summed E-state index contributed by atoms with van der Waals surface area (Å²) < 4.78 is 11.0. The molecule has 0 saturated heterocycles. The minimum atomic E-state index is -1.16. The van der Waals surface area contributed by atoms with Gasteiger partial charge in [0.2, 0.25) is 0 Å². The van der Waals surface area contributed by atoms with Crippen LogP contribution in [-0.4, -0.2) is 46.9 Å². The maximum Gasteiger partial charge on any atom is 0.338 e. The number of aliphatic hydroxyl groups is 1. The highest BCUT2D eigenvalue weighted by atomic mass is 16.5. The van der Waals surface area contributed by atoms with E-state index in [4.69, 9.17) is 9.47 Å². The van der Waals surface area contributed by atoms with Crippen LogP contribution in [0.1, 0.15) is 84.6 Å². The van der Waals surface area contributed by atoms with Gasteiger partial charge in [-0.05, 0) is 99.1 Å². The summed E-state index contributed by atoms with van der Waals surface area (Å²) in [7, 11) is 0. The third kappa shape index (κ3) is 6.05. The molecule has 0 amide bonds. The fourth-order valence-electron chi connectivity index (χ4n) is 8.42. The Hall–Kier alpha value is -4.10.